The fourth-order valence-electron chi connectivity index (χ4n) is 2.06. The van der Waals surface area contributed by atoms with Crippen molar-refractivity contribution < 1.29 is 24.1 Å². The third-order valence-electron chi connectivity index (χ3n) is 3.30. The zero-order chi connectivity index (χ0) is 16.8. The fraction of sp³-hybridized carbons (Fsp3) is 0.167. The van der Waals surface area contributed by atoms with Crippen molar-refractivity contribution in [2.45, 2.75) is 0 Å². The van der Waals surface area contributed by atoms with Gasteiger partial charge in [-0.3, -0.25) is 4.79 Å². The number of ether oxygens (including phenoxy) is 3. The van der Waals surface area contributed by atoms with E-state index in [-0.39, 0.29) is 17.3 Å². The van der Waals surface area contributed by atoms with Crippen LogP contribution in [0.5, 0.6) is 23.0 Å². The monoisotopic (exact) mass is 314 g/mol. The molecule has 0 heterocycles. The highest BCUT2D eigenvalue weighted by molar-refractivity contribution is 6.07. The van der Waals surface area contributed by atoms with Gasteiger partial charge < -0.3 is 19.3 Å². The van der Waals surface area contributed by atoms with Crippen molar-refractivity contribution in [3.8, 4) is 23.0 Å². The summed E-state index contributed by atoms with van der Waals surface area (Å²) >= 11 is 0. The van der Waals surface area contributed by atoms with E-state index in [2.05, 4.69) is 0 Å². The molecule has 0 saturated carbocycles. The summed E-state index contributed by atoms with van der Waals surface area (Å²) < 4.78 is 15.4. The second-order valence-corrected chi connectivity index (χ2v) is 4.70. The number of hydrogen-bond donors (Lipinski definition) is 1. The minimum Gasteiger partial charge on any atom is -0.504 e. The first-order chi connectivity index (χ1) is 11.1. The number of methoxy groups -OCH3 is 3. The maximum atomic E-state index is 12.2. The molecule has 2 aromatic carbocycles. The average molecular weight is 314 g/mol. The molecule has 0 aliphatic heterocycles. The van der Waals surface area contributed by atoms with Gasteiger partial charge in [-0.15, -0.1) is 0 Å². The van der Waals surface area contributed by atoms with E-state index in [1.807, 2.05) is 6.07 Å². The van der Waals surface area contributed by atoms with E-state index in [0.717, 1.165) is 5.56 Å². The molecule has 0 aliphatic carbocycles. The fourth-order valence-corrected chi connectivity index (χ4v) is 2.06. The van der Waals surface area contributed by atoms with Gasteiger partial charge >= 0.3 is 0 Å². The lowest BCUT2D eigenvalue weighted by Crippen LogP contribution is -1.95. The Morgan fingerprint density at radius 1 is 0.913 bits per heavy atom. The molecule has 0 aliphatic rings. The van der Waals surface area contributed by atoms with Gasteiger partial charge in [0.15, 0.2) is 28.8 Å². The Labute approximate surface area is 134 Å². The molecule has 0 atom stereocenters. The predicted molar refractivity (Wildman–Crippen MR) is 87.6 cm³/mol. The van der Waals surface area contributed by atoms with Crippen LogP contribution in [-0.4, -0.2) is 32.2 Å². The van der Waals surface area contributed by atoms with Gasteiger partial charge in [0, 0.05) is 5.56 Å². The summed E-state index contributed by atoms with van der Waals surface area (Å²) in [5.74, 6) is 1.27. The number of benzene rings is 2. The van der Waals surface area contributed by atoms with E-state index < -0.39 is 0 Å². The number of phenolic OH excluding ortho intramolecular Hbond substituents is 1. The molecule has 5 nitrogen and oxygen atoms in total. The number of aromatic hydroxyl groups is 1. The van der Waals surface area contributed by atoms with Crippen LogP contribution in [0.4, 0.5) is 0 Å². The molecule has 0 bridgehead atoms. The largest absolute Gasteiger partial charge is 0.504 e. The molecule has 1 N–H and O–H groups in total. The summed E-state index contributed by atoms with van der Waals surface area (Å²) in [4.78, 5) is 12.2. The maximum Gasteiger partial charge on any atom is 0.185 e. The lowest BCUT2D eigenvalue weighted by molar-refractivity contribution is 0.104. The molecule has 5 heteroatoms. The third kappa shape index (κ3) is 3.83. The highest BCUT2D eigenvalue weighted by Gasteiger charge is 2.08. The molecule has 0 fully saturated rings. The van der Waals surface area contributed by atoms with Crippen LogP contribution < -0.4 is 14.2 Å². The maximum absolute atomic E-state index is 12.2. The highest BCUT2D eigenvalue weighted by atomic mass is 16.5. The van der Waals surface area contributed by atoms with E-state index in [0.29, 0.717) is 17.1 Å². The molecule has 0 unspecified atom stereocenters. The number of allylic oxidation sites excluding steroid dienone is 1. The third-order valence-corrected chi connectivity index (χ3v) is 3.30. The van der Waals surface area contributed by atoms with E-state index in [1.165, 1.54) is 25.3 Å². The van der Waals surface area contributed by atoms with Crippen molar-refractivity contribution in [1.82, 2.24) is 0 Å². The number of carbonyl (C=O) groups is 1. The van der Waals surface area contributed by atoms with E-state index in [9.17, 15) is 9.90 Å². The second kappa shape index (κ2) is 7.35. The van der Waals surface area contributed by atoms with E-state index >= 15 is 0 Å². The van der Waals surface area contributed by atoms with Crippen LogP contribution >= 0.6 is 0 Å². The second-order valence-electron chi connectivity index (χ2n) is 4.70. The van der Waals surface area contributed by atoms with Gasteiger partial charge in [-0.2, -0.15) is 0 Å². The number of hydrogen-bond acceptors (Lipinski definition) is 5. The van der Waals surface area contributed by atoms with Crippen molar-refractivity contribution in [2.75, 3.05) is 21.3 Å². The zero-order valence-corrected chi connectivity index (χ0v) is 13.2. The topological polar surface area (TPSA) is 65.0 Å². The Morgan fingerprint density at radius 3 is 2.26 bits per heavy atom. The standard InChI is InChI=1S/C18H18O5/c1-21-16-9-5-12(10-18(16)23-3)4-7-14(19)13-6-8-15(20)17(11-13)22-2/h4-11,20H,1-3H3/b7-4+. The molecular formula is C18H18O5. The molecule has 120 valence electrons. The summed E-state index contributed by atoms with van der Waals surface area (Å²) in [7, 11) is 4.55. The SMILES string of the molecule is COc1cc(C(=O)/C=C/c2ccc(OC)c(OC)c2)ccc1O. The van der Waals surface area contributed by atoms with Crippen molar-refractivity contribution in [1.29, 1.82) is 0 Å². The quantitative estimate of drug-likeness (QED) is 0.654. The Hall–Kier alpha value is -2.95. The summed E-state index contributed by atoms with van der Waals surface area (Å²) in [6.45, 7) is 0. The lowest BCUT2D eigenvalue weighted by atomic mass is 10.1. The smallest absolute Gasteiger partial charge is 0.185 e. The average Bonchev–Trinajstić information content (AvgIpc) is 2.59. The van der Waals surface area contributed by atoms with Gasteiger partial charge in [0.2, 0.25) is 0 Å². The highest BCUT2D eigenvalue weighted by Crippen LogP contribution is 2.29. The van der Waals surface area contributed by atoms with Gasteiger partial charge in [-0.05, 0) is 42.0 Å². The number of rotatable bonds is 6. The van der Waals surface area contributed by atoms with Crippen molar-refractivity contribution in [3.05, 3.63) is 53.6 Å². The van der Waals surface area contributed by atoms with E-state index in [1.54, 1.807) is 38.5 Å². The Balaban J connectivity index is 2.21. The molecule has 0 radical (unpaired) electrons. The Kier molecular flexibility index (Phi) is 5.25. The molecule has 0 saturated heterocycles. The molecule has 0 amide bonds. The van der Waals surface area contributed by atoms with Gasteiger partial charge in [-0.1, -0.05) is 12.1 Å². The van der Waals surface area contributed by atoms with Crippen LogP contribution in [0.2, 0.25) is 0 Å². The van der Waals surface area contributed by atoms with Crippen LogP contribution in [0.15, 0.2) is 42.5 Å². The first-order valence-corrected chi connectivity index (χ1v) is 6.90. The number of carbonyl (C=O) groups excluding carboxylic acids is 1. The normalized spacial score (nSPS) is 10.6. The summed E-state index contributed by atoms with van der Waals surface area (Å²) in [6.07, 6.45) is 3.14. The Bertz CT molecular complexity index is 734. The van der Waals surface area contributed by atoms with Crippen LogP contribution in [-0.2, 0) is 0 Å². The van der Waals surface area contributed by atoms with Crippen LogP contribution in [0.1, 0.15) is 15.9 Å². The molecule has 0 aromatic heterocycles. The van der Waals surface area contributed by atoms with Crippen molar-refractivity contribution in [2.24, 2.45) is 0 Å². The lowest BCUT2D eigenvalue weighted by Gasteiger charge is -2.07. The number of ketones is 1. The minimum atomic E-state index is -0.196. The summed E-state index contributed by atoms with van der Waals surface area (Å²) in [5, 5.41) is 9.55. The number of phenols is 1. The Morgan fingerprint density at radius 2 is 1.61 bits per heavy atom. The van der Waals surface area contributed by atoms with E-state index in [4.69, 9.17) is 14.2 Å². The van der Waals surface area contributed by atoms with Gasteiger partial charge in [0.05, 0.1) is 21.3 Å². The van der Waals surface area contributed by atoms with Gasteiger partial charge in [0.1, 0.15) is 0 Å². The van der Waals surface area contributed by atoms with Gasteiger partial charge in [0.25, 0.3) is 0 Å². The molecular weight excluding hydrogens is 296 g/mol. The van der Waals surface area contributed by atoms with Crippen molar-refractivity contribution in [3.63, 3.8) is 0 Å². The first kappa shape index (κ1) is 16.4. The minimum absolute atomic E-state index is 0.00656. The molecule has 2 rings (SSSR count). The predicted octanol–water partition coefficient (Wildman–Crippen LogP) is 3.31. The summed E-state index contributed by atoms with van der Waals surface area (Å²) in [6, 6.07) is 9.83. The van der Waals surface area contributed by atoms with Crippen LogP contribution in [0.25, 0.3) is 6.08 Å². The van der Waals surface area contributed by atoms with Crippen LogP contribution in [0, 0.1) is 0 Å². The first-order valence-electron chi connectivity index (χ1n) is 6.90. The van der Waals surface area contributed by atoms with Gasteiger partial charge in [-0.25, -0.2) is 0 Å². The molecule has 2 aromatic rings. The molecule has 0 spiro atoms. The summed E-state index contributed by atoms with van der Waals surface area (Å²) in [5.41, 5.74) is 1.23. The van der Waals surface area contributed by atoms with Crippen LogP contribution in [0.3, 0.4) is 0 Å². The zero-order valence-electron chi connectivity index (χ0n) is 13.2. The van der Waals surface area contributed by atoms with Crippen molar-refractivity contribution >= 4 is 11.9 Å². The molecule has 23 heavy (non-hydrogen) atoms.